The molecule has 1 atom stereocenters. The van der Waals surface area contributed by atoms with E-state index in [0.717, 1.165) is 5.69 Å². The minimum atomic E-state index is -0.837. The average molecular weight is 554 g/mol. The van der Waals surface area contributed by atoms with Crippen molar-refractivity contribution in [1.29, 1.82) is 0 Å². The van der Waals surface area contributed by atoms with Gasteiger partial charge in [0, 0.05) is 27.4 Å². The summed E-state index contributed by atoms with van der Waals surface area (Å²) in [6.45, 7) is 4.99. The molecule has 0 radical (unpaired) electrons. The highest BCUT2D eigenvalue weighted by atomic mass is 127. The summed E-state index contributed by atoms with van der Waals surface area (Å²) in [5.41, 5.74) is 2.82. The van der Waals surface area contributed by atoms with Crippen LogP contribution in [0.1, 0.15) is 30.5 Å². The summed E-state index contributed by atoms with van der Waals surface area (Å²) in [6, 6.07) is 19.8. The summed E-state index contributed by atoms with van der Waals surface area (Å²) < 4.78 is 13.6. The quantitative estimate of drug-likeness (QED) is 0.215. The molecule has 2 aliphatic rings. The van der Waals surface area contributed by atoms with Gasteiger partial charge >= 0.3 is 0 Å². The van der Waals surface area contributed by atoms with Gasteiger partial charge in [0.1, 0.15) is 0 Å². The smallest absolute Gasteiger partial charge is 0.274 e. The van der Waals surface area contributed by atoms with Crippen molar-refractivity contribution in [3.05, 3.63) is 97.1 Å². The lowest BCUT2D eigenvalue weighted by Gasteiger charge is -2.47. The van der Waals surface area contributed by atoms with Crippen molar-refractivity contribution in [3.63, 3.8) is 0 Å². The lowest BCUT2D eigenvalue weighted by atomic mass is 9.76. The number of hydrogen-bond donors (Lipinski definition) is 0. The Bertz CT molecular complexity index is 1290. The van der Waals surface area contributed by atoms with E-state index < -0.39 is 16.1 Å². The number of methoxy groups -OCH3 is 1. The maximum absolute atomic E-state index is 11.4. The van der Waals surface area contributed by atoms with Crippen LogP contribution in [0, 0.1) is 13.7 Å². The molecule has 2 aliphatic heterocycles. The Morgan fingerprint density at radius 2 is 1.85 bits per heavy atom. The minimum Gasteiger partial charge on any atom is -0.493 e. The molecule has 0 fully saturated rings. The molecule has 0 saturated carbocycles. The van der Waals surface area contributed by atoms with E-state index in [0.29, 0.717) is 23.6 Å². The molecule has 3 aromatic rings. The molecule has 7 heteroatoms. The van der Waals surface area contributed by atoms with Crippen LogP contribution in [0.2, 0.25) is 0 Å². The number of benzene rings is 3. The molecule has 33 heavy (non-hydrogen) atoms. The molecule has 6 nitrogen and oxygen atoms in total. The third-order valence-corrected chi connectivity index (χ3v) is 7.38. The molecule has 1 spiro atoms. The fourth-order valence-corrected chi connectivity index (χ4v) is 5.25. The van der Waals surface area contributed by atoms with Gasteiger partial charge in [-0.1, -0.05) is 30.3 Å². The number of halogens is 1. The van der Waals surface area contributed by atoms with E-state index in [9.17, 15) is 10.1 Å². The van der Waals surface area contributed by atoms with Crippen molar-refractivity contribution in [3.8, 4) is 11.5 Å². The van der Waals surface area contributed by atoms with E-state index >= 15 is 0 Å². The van der Waals surface area contributed by atoms with Crippen molar-refractivity contribution in [2.75, 3.05) is 12.0 Å². The van der Waals surface area contributed by atoms with Crippen LogP contribution < -0.4 is 14.4 Å². The minimum absolute atomic E-state index is 0.0282. The summed E-state index contributed by atoms with van der Waals surface area (Å²) in [5.74, 6) is 0.864. The molecular weight excluding hydrogens is 531 g/mol. The highest BCUT2D eigenvalue weighted by Crippen LogP contribution is 2.56. The fraction of sp³-hybridized carbons (Fsp3) is 0.231. The zero-order valence-corrected chi connectivity index (χ0v) is 20.7. The Morgan fingerprint density at radius 1 is 1.12 bits per heavy atom. The van der Waals surface area contributed by atoms with Crippen molar-refractivity contribution < 1.29 is 14.4 Å². The summed E-state index contributed by atoms with van der Waals surface area (Å²) >= 11 is 2.31. The molecule has 0 amide bonds. The molecule has 0 bridgehead atoms. The van der Waals surface area contributed by atoms with Crippen molar-refractivity contribution >= 4 is 40.0 Å². The van der Waals surface area contributed by atoms with Crippen LogP contribution in [-0.2, 0) is 12.0 Å². The van der Waals surface area contributed by atoms with Crippen LogP contribution in [0.5, 0.6) is 11.5 Å². The highest BCUT2D eigenvalue weighted by molar-refractivity contribution is 14.1. The monoisotopic (exact) mass is 554 g/mol. The van der Waals surface area contributed by atoms with Crippen molar-refractivity contribution in [1.82, 2.24) is 0 Å². The summed E-state index contributed by atoms with van der Waals surface area (Å²) in [7, 11) is 1.51. The molecule has 3 aromatic carbocycles. The van der Waals surface area contributed by atoms with E-state index in [2.05, 4.69) is 77.7 Å². The predicted molar refractivity (Wildman–Crippen MR) is 137 cm³/mol. The largest absolute Gasteiger partial charge is 0.493 e. The number of anilines is 1. The Hall–Kier alpha value is -3.07. The second-order valence-electron chi connectivity index (χ2n) is 8.81. The molecule has 0 N–H and O–H groups in total. The van der Waals surface area contributed by atoms with Crippen LogP contribution in [0.3, 0.4) is 0 Å². The van der Waals surface area contributed by atoms with Gasteiger partial charge < -0.3 is 14.4 Å². The van der Waals surface area contributed by atoms with Gasteiger partial charge in [-0.3, -0.25) is 10.1 Å². The lowest BCUT2D eigenvalue weighted by Crippen LogP contribution is -2.59. The zero-order valence-electron chi connectivity index (χ0n) is 18.5. The normalized spacial score (nSPS) is 19.7. The van der Waals surface area contributed by atoms with E-state index in [4.69, 9.17) is 9.47 Å². The molecule has 2 heterocycles. The number of nitro groups is 1. The number of hydrogen-bond acceptors (Lipinski definition) is 5. The van der Waals surface area contributed by atoms with Crippen molar-refractivity contribution in [2.45, 2.75) is 31.5 Å². The Balaban J connectivity index is 1.68. The van der Waals surface area contributed by atoms with Crippen LogP contribution in [0.15, 0.2) is 66.7 Å². The van der Waals surface area contributed by atoms with E-state index in [-0.39, 0.29) is 5.69 Å². The maximum atomic E-state index is 11.4. The average Bonchev–Trinajstić information content (AvgIpc) is 2.98. The topological polar surface area (TPSA) is 64.8 Å². The number of nitro benzene ring substituents is 1. The van der Waals surface area contributed by atoms with Gasteiger partial charge in [0.25, 0.3) is 5.69 Å². The molecule has 1 unspecified atom stereocenters. The molecule has 168 valence electrons. The molecule has 0 aliphatic carbocycles. The first-order valence-corrected chi connectivity index (χ1v) is 11.7. The van der Waals surface area contributed by atoms with E-state index in [1.807, 2.05) is 24.3 Å². The van der Waals surface area contributed by atoms with Crippen LogP contribution in [0.25, 0.3) is 6.08 Å². The van der Waals surface area contributed by atoms with Gasteiger partial charge in [-0.2, -0.15) is 0 Å². The van der Waals surface area contributed by atoms with Crippen LogP contribution in [0.4, 0.5) is 11.4 Å². The number of ether oxygens (including phenoxy) is 2. The molecule has 0 saturated heterocycles. The lowest BCUT2D eigenvalue weighted by molar-refractivity contribution is -0.385. The first-order valence-electron chi connectivity index (χ1n) is 10.6. The third-order valence-electron chi connectivity index (χ3n) is 6.66. The molecule has 5 rings (SSSR count). The maximum Gasteiger partial charge on any atom is 0.274 e. The summed E-state index contributed by atoms with van der Waals surface area (Å²) in [6.07, 6.45) is 3.95. The summed E-state index contributed by atoms with van der Waals surface area (Å²) in [4.78, 5) is 13.3. The first kappa shape index (κ1) is 21.8. The van der Waals surface area contributed by atoms with Gasteiger partial charge in [-0.15, -0.1) is 0 Å². The van der Waals surface area contributed by atoms with Gasteiger partial charge in [-0.05, 0) is 77.9 Å². The SMILES string of the molecule is COc1cc([N+](=O)[O-])cc2c1OC1(C=C2)N(Cc2ccc(I)cc2)c2ccccc2C1(C)C. The highest BCUT2D eigenvalue weighted by Gasteiger charge is 2.59. The van der Waals surface area contributed by atoms with Crippen LogP contribution >= 0.6 is 22.6 Å². The molecular formula is C26H23IN2O4. The zero-order chi connectivity index (χ0) is 23.4. The first-order chi connectivity index (χ1) is 15.8. The number of para-hydroxylation sites is 1. The van der Waals surface area contributed by atoms with Gasteiger partial charge in [0.05, 0.1) is 23.5 Å². The second-order valence-corrected chi connectivity index (χ2v) is 10.1. The number of fused-ring (bicyclic) bond motifs is 2. The Labute approximate surface area is 206 Å². The van der Waals surface area contributed by atoms with Crippen LogP contribution in [-0.4, -0.2) is 17.8 Å². The third kappa shape index (κ3) is 3.28. The molecule has 0 aromatic heterocycles. The van der Waals surface area contributed by atoms with E-state index in [1.54, 1.807) is 0 Å². The Kier molecular flexibility index (Phi) is 5.12. The fourth-order valence-electron chi connectivity index (χ4n) is 4.89. The van der Waals surface area contributed by atoms with Gasteiger partial charge in [-0.25, -0.2) is 0 Å². The number of rotatable bonds is 4. The van der Waals surface area contributed by atoms with Gasteiger partial charge in [0.15, 0.2) is 11.5 Å². The Morgan fingerprint density at radius 3 is 2.55 bits per heavy atom. The second kappa shape index (κ2) is 7.76. The number of non-ortho nitro benzene ring substituents is 1. The number of nitrogens with zero attached hydrogens (tertiary/aromatic N) is 2. The van der Waals surface area contributed by atoms with Crippen molar-refractivity contribution in [2.24, 2.45) is 0 Å². The van der Waals surface area contributed by atoms with Gasteiger partial charge in [0.2, 0.25) is 5.72 Å². The summed E-state index contributed by atoms with van der Waals surface area (Å²) in [5, 5.41) is 11.4. The van der Waals surface area contributed by atoms with E-state index in [1.165, 1.54) is 33.9 Å². The standard InChI is InChI=1S/C26H23IN2O4/c1-25(2)21-6-4-5-7-22(21)28(16-17-8-10-19(27)11-9-17)26(25)13-12-18-14-20(29(30)31)15-23(32-3)24(18)33-26/h4-15H,16H2,1-3H3. The predicted octanol–water partition coefficient (Wildman–Crippen LogP) is 6.31.